The lowest BCUT2D eigenvalue weighted by Gasteiger charge is -2.54. The lowest BCUT2D eigenvalue weighted by atomic mass is 9.69. The van der Waals surface area contributed by atoms with E-state index in [2.05, 4.69) is 48.2 Å². The van der Waals surface area contributed by atoms with E-state index in [1.54, 1.807) is 12.1 Å². The van der Waals surface area contributed by atoms with Crippen molar-refractivity contribution >= 4 is 24.8 Å². The van der Waals surface area contributed by atoms with Gasteiger partial charge in [0, 0.05) is 19.1 Å². The van der Waals surface area contributed by atoms with Crippen LogP contribution in [0.5, 0.6) is 0 Å². The molecule has 1 saturated heterocycles. The Morgan fingerprint density at radius 2 is 1.69 bits per heavy atom. The Hall–Kier alpha value is -1.13. The van der Waals surface area contributed by atoms with Gasteiger partial charge in [-0.05, 0) is 62.2 Å². The third kappa shape index (κ3) is 3.38. The minimum Gasteiger partial charge on any atom is -0.306 e. The monoisotopic (exact) mass is 396 g/mol. The molecule has 4 rings (SSSR count). The summed E-state index contributed by atoms with van der Waals surface area (Å²) in [7, 11) is 4.35. The molecule has 0 aromatic heterocycles. The number of nitrogens with zero attached hydrogens (tertiary/aromatic N) is 2. The van der Waals surface area contributed by atoms with Crippen LogP contribution in [0.3, 0.4) is 0 Å². The third-order valence-electron chi connectivity index (χ3n) is 5.97. The molecule has 2 heterocycles. The van der Waals surface area contributed by atoms with Crippen LogP contribution in [-0.4, -0.2) is 43.0 Å². The molecule has 0 radical (unpaired) electrons. The summed E-state index contributed by atoms with van der Waals surface area (Å²) in [6, 6.07) is 16.6. The fourth-order valence-electron chi connectivity index (χ4n) is 4.67. The second kappa shape index (κ2) is 8.26. The van der Waals surface area contributed by atoms with E-state index in [1.807, 2.05) is 12.1 Å². The quantitative estimate of drug-likeness (QED) is 0.737. The third-order valence-corrected chi connectivity index (χ3v) is 5.97. The number of fused-ring (bicyclic) bond motifs is 3. The Morgan fingerprint density at radius 3 is 2.38 bits per heavy atom. The summed E-state index contributed by atoms with van der Waals surface area (Å²) >= 11 is 0. The Balaban J connectivity index is 0.00000121. The molecule has 0 amide bonds. The molecular formula is C21H27Cl2FN2. The van der Waals surface area contributed by atoms with Crippen molar-refractivity contribution in [2.75, 3.05) is 27.2 Å². The van der Waals surface area contributed by atoms with Crippen LogP contribution < -0.4 is 0 Å². The van der Waals surface area contributed by atoms with Crippen molar-refractivity contribution in [3.63, 3.8) is 0 Å². The Kier molecular flexibility index (Phi) is 6.73. The Morgan fingerprint density at radius 1 is 1.00 bits per heavy atom. The second-order valence-corrected chi connectivity index (χ2v) is 7.37. The van der Waals surface area contributed by atoms with Gasteiger partial charge in [-0.2, -0.15) is 0 Å². The van der Waals surface area contributed by atoms with Gasteiger partial charge >= 0.3 is 0 Å². The molecule has 5 heteroatoms. The minimum atomic E-state index is -0.161. The van der Waals surface area contributed by atoms with Crippen molar-refractivity contribution in [2.45, 2.75) is 30.8 Å². The van der Waals surface area contributed by atoms with Gasteiger partial charge in [-0.15, -0.1) is 24.8 Å². The number of halogens is 3. The van der Waals surface area contributed by atoms with E-state index in [9.17, 15) is 4.39 Å². The number of rotatable bonds is 2. The predicted molar refractivity (Wildman–Crippen MR) is 110 cm³/mol. The van der Waals surface area contributed by atoms with Gasteiger partial charge in [-0.1, -0.05) is 36.4 Å². The van der Waals surface area contributed by atoms with Crippen molar-refractivity contribution in [1.29, 1.82) is 0 Å². The molecule has 2 aliphatic heterocycles. The molecule has 0 spiro atoms. The molecule has 2 aromatic carbocycles. The zero-order valence-electron chi connectivity index (χ0n) is 15.3. The summed E-state index contributed by atoms with van der Waals surface area (Å²) in [5.41, 5.74) is 3.95. The van der Waals surface area contributed by atoms with Crippen molar-refractivity contribution in [3.05, 3.63) is 71.0 Å². The first-order valence-electron chi connectivity index (χ1n) is 8.87. The first kappa shape index (κ1) is 21.2. The molecule has 2 unspecified atom stereocenters. The van der Waals surface area contributed by atoms with Gasteiger partial charge in [0.2, 0.25) is 0 Å². The van der Waals surface area contributed by atoms with E-state index in [0.717, 1.165) is 25.9 Å². The van der Waals surface area contributed by atoms with Crippen LogP contribution in [0.2, 0.25) is 0 Å². The zero-order valence-corrected chi connectivity index (χ0v) is 17.0. The maximum Gasteiger partial charge on any atom is 0.123 e. The average molecular weight is 397 g/mol. The molecular weight excluding hydrogens is 370 g/mol. The first-order valence-corrected chi connectivity index (χ1v) is 8.87. The first-order chi connectivity index (χ1) is 11.6. The normalized spacial score (nSPS) is 24.8. The van der Waals surface area contributed by atoms with Gasteiger partial charge in [0.15, 0.2) is 0 Å². The van der Waals surface area contributed by atoms with E-state index >= 15 is 0 Å². The molecule has 0 bridgehead atoms. The van der Waals surface area contributed by atoms with Crippen LogP contribution in [-0.2, 0) is 12.0 Å². The van der Waals surface area contributed by atoms with Crippen LogP contribution in [0.25, 0.3) is 0 Å². The van der Waals surface area contributed by atoms with Crippen molar-refractivity contribution in [2.24, 2.45) is 0 Å². The molecule has 26 heavy (non-hydrogen) atoms. The SMILES string of the molecule is CN(C)C1CCN2CCc3ccccc3C2(c2ccc(F)cc2)C1.Cl.Cl. The van der Waals surface area contributed by atoms with E-state index < -0.39 is 0 Å². The van der Waals surface area contributed by atoms with Crippen LogP contribution >= 0.6 is 24.8 Å². The fourth-order valence-corrected chi connectivity index (χ4v) is 4.67. The van der Waals surface area contributed by atoms with Gasteiger partial charge < -0.3 is 4.90 Å². The van der Waals surface area contributed by atoms with E-state index in [0.29, 0.717) is 6.04 Å². The van der Waals surface area contributed by atoms with E-state index in [1.165, 1.54) is 23.1 Å². The predicted octanol–water partition coefficient (Wildman–Crippen LogP) is 4.50. The molecule has 0 aliphatic carbocycles. The summed E-state index contributed by atoms with van der Waals surface area (Å²) in [6.45, 7) is 2.17. The highest BCUT2D eigenvalue weighted by Gasteiger charge is 2.48. The number of piperidine rings is 1. The summed E-state index contributed by atoms with van der Waals surface area (Å²) in [6.07, 6.45) is 3.35. The van der Waals surface area contributed by atoms with Crippen molar-refractivity contribution in [3.8, 4) is 0 Å². The van der Waals surface area contributed by atoms with Crippen LogP contribution in [0.4, 0.5) is 4.39 Å². The van der Waals surface area contributed by atoms with Gasteiger partial charge in [-0.3, -0.25) is 4.90 Å². The van der Waals surface area contributed by atoms with E-state index in [-0.39, 0.29) is 36.2 Å². The fraction of sp³-hybridized carbons (Fsp3) is 0.429. The van der Waals surface area contributed by atoms with Crippen LogP contribution in [0.1, 0.15) is 29.5 Å². The van der Waals surface area contributed by atoms with Gasteiger partial charge in [0.25, 0.3) is 0 Å². The maximum absolute atomic E-state index is 13.6. The minimum absolute atomic E-state index is 0. The molecule has 0 saturated carbocycles. The van der Waals surface area contributed by atoms with Crippen molar-refractivity contribution < 1.29 is 4.39 Å². The molecule has 2 atom stereocenters. The Bertz CT molecular complexity index is 735. The lowest BCUT2D eigenvalue weighted by Crippen LogP contribution is -2.58. The average Bonchev–Trinajstić information content (AvgIpc) is 2.61. The summed E-state index contributed by atoms with van der Waals surface area (Å²) in [5, 5.41) is 0. The molecule has 2 aromatic rings. The van der Waals surface area contributed by atoms with Crippen LogP contribution in [0.15, 0.2) is 48.5 Å². The summed E-state index contributed by atoms with van der Waals surface area (Å²) < 4.78 is 13.6. The maximum atomic E-state index is 13.6. The molecule has 0 N–H and O–H groups in total. The second-order valence-electron chi connectivity index (χ2n) is 7.37. The van der Waals surface area contributed by atoms with E-state index in [4.69, 9.17) is 0 Å². The van der Waals surface area contributed by atoms with Gasteiger partial charge in [-0.25, -0.2) is 4.39 Å². The lowest BCUT2D eigenvalue weighted by molar-refractivity contribution is 0.0245. The highest BCUT2D eigenvalue weighted by Crippen LogP contribution is 2.47. The molecule has 1 fully saturated rings. The largest absolute Gasteiger partial charge is 0.306 e. The number of hydrogen-bond acceptors (Lipinski definition) is 2. The van der Waals surface area contributed by atoms with Crippen molar-refractivity contribution in [1.82, 2.24) is 9.80 Å². The number of benzene rings is 2. The highest BCUT2D eigenvalue weighted by molar-refractivity contribution is 5.85. The smallest absolute Gasteiger partial charge is 0.123 e. The molecule has 2 nitrogen and oxygen atoms in total. The van der Waals surface area contributed by atoms with Crippen LogP contribution in [0, 0.1) is 5.82 Å². The molecule has 2 aliphatic rings. The zero-order chi connectivity index (χ0) is 16.7. The topological polar surface area (TPSA) is 6.48 Å². The standard InChI is InChI=1S/C21H25FN2.2ClH/c1-23(2)19-12-14-24-13-11-16-5-3-4-6-20(16)21(24,15-19)17-7-9-18(22)10-8-17;;/h3-10,19H,11-15H2,1-2H3;2*1H. The number of hydrogen-bond donors (Lipinski definition) is 0. The summed E-state index contributed by atoms with van der Waals surface area (Å²) in [4.78, 5) is 4.97. The highest BCUT2D eigenvalue weighted by atomic mass is 35.5. The van der Waals surface area contributed by atoms with Gasteiger partial charge in [0.1, 0.15) is 5.82 Å². The van der Waals surface area contributed by atoms with Gasteiger partial charge in [0.05, 0.1) is 5.54 Å². The summed E-state index contributed by atoms with van der Waals surface area (Å²) in [5.74, 6) is -0.161. The Labute approximate surface area is 168 Å². The molecule has 142 valence electrons.